The Bertz CT molecular complexity index is 566. The molecular formula is C18H21NO2. The van der Waals surface area contributed by atoms with E-state index >= 15 is 0 Å². The SMILES string of the molecule is Cc1cccc(OCC(=O)NCCCc2ccccc2)c1. The Morgan fingerprint density at radius 3 is 2.67 bits per heavy atom. The molecule has 0 saturated carbocycles. The number of carbonyl (C=O) groups is 1. The van der Waals surface area contributed by atoms with Gasteiger partial charge in [0.05, 0.1) is 0 Å². The lowest BCUT2D eigenvalue weighted by molar-refractivity contribution is -0.123. The smallest absolute Gasteiger partial charge is 0.257 e. The van der Waals surface area contributed by atoms with Crippen LogP contribution in [0.15, 0.2) is 54.6 Å². The maximum Gasteiger partial charge on any atom is 0.257 e. The molecule has 0 unspecified atom stereocenters. The number of hydrogen-bond acceptors (Lipinski definition) is 2. The normalized spacial score (nSPS) is 10.1. The molecule has 1 amide bonds. The molecule has 0 aromatic heterocycles. The van der Waals surface area contributed by atoms with Crippen molar-refractivity contribution in [2.24, 2.45) is 0 Å². The Morgan fingerprint density at radius 2 is 1.90 bits per heavy atom. The van der Waals surface area contributed by atoms with Crippen molar-refractivity contribution in [3.05, 3.63) is 65.7 Å². The van der Waals surface area contributed by atoms with Crippen LogP contribution in [0.1, 0.15) is 17.5 Å². The van der Waals surface area contributed by atoms with Crippen molar-refractivity contribution in [2.75, 3.05) is 13.2 Å². The molecule has 3 heteroatoms. The van der Waals surface area contributed by atoms with Gasteiger partial charge in [-0.3, -0.25) is 4.79 Å². The van der Waals surface area contributed by atoms with Crippen LogP contribution in [-0.2, 0) is 11.2 Å². The minimum atomic E-state index is -0.0791. The highest BCUT2D eigenvalue weighted by atomic mass is 16.5. The molecule has 21 heavy (non-hydrogen) atoms. The zero-order chi connectivity index (χ0) is 14.9. The average molecular weight is 283 g/mol. The van der Waals surface area contributed by atoms with Crippen LogP contribution in [0.5, 0.6) is 5.75 Å². The van der Waals surface area contributed by atoms with Gasteiger partial charge in [0.25, 0.3) is 5.91 Å². The minimum absolute atomic E-state index is 0.0643. The Hall–Kier alpha value is -2.29. The van der Waals surface area contributed by atoms with E-state index in [4.69, 9.17) is 4.74 Å². The molecule has 0 aliphatic carbocycles. The molecule has 2 rings (SSSR count). The average Bonchev–Trinajstić information content (AvgIpc) is 2.51. The summed E-state index contributed by atoms with van der Waals surface area (Å²) in [5.41, 5.74) is 2.42. The summed E-state index contributed by atoms with van der Waals surface area (Å²) in [6.07, 6.45) is 1.90. The molecule has 2 aromatic carbocycles. The van der Waals surface area contributed by atoms with Crippen LogP contribution in [0.3, 0.4) is 0 Å². The maximum absolute atomic E-state index is 11.7. The van der Waals surface area contributed by atoms with Crippen LogP contribution < -0.4 is 10.1 Å². The van der Waals surface area contributed by atoms with Gasteiger partial charge in [0.15, 0.2) is 6.61 Å². The van der Waals surface area contributed by atoms with Gasteiger partial charge in [-0.05, 0) is 43.0 Å². The largest absolute Gasteiger partial charge is 0.484 e. The van der Waals surface area contributed by atoms with E-state index in [2.05, 4.69) is 17.4 Å². The van der Waals surface area contributed by atoms with Gasteiger partial charge in [-0.15, -0.1) is 0 Å². The summed E-state index contributed by atoms with van der Waals surface area (Å²) in [6, 6.07) is 18.0. The number of amides is 1. The van der Waals surface area contributed by atoms with Crippen molar-refractivity contribution in [1.82, 2.24) is 5.32 Å². The molecule has 3 nitrogen and oxygen atoms in total. The zero-order valence-corrected chi connectivity index (χ0v) is 12.3. The Balaban J connectivity index is 1.62. The van der Waals surface area contributed by atoms with Gasteiger partial charge >= 0.3 is 0 Å². The summed E-state index contributed by atoms with van der Waals surface area (Å²) in [5, 5.41) is 2.87. The van der Waals surface area contributed by atoms with Gasteiger partial charge < -0.3 is 10.1 Å². The van der Waals surface area contributed by atoms with Crippen molar-refractivity contribution in [1.29, 1.82) is 0 Å². The van der Waals surface area contributed by atoms with Gasteiger partial charge in [0.2, 0.25) is 0 Å². The topological polar surface area (TPSA) is 38.3 Å². The molecule has 0 aliphatic rings. The molecule has 0 saturated heterocycles. The number of carbonyl (C=O) groups excluding carboxylic acids is 1. The summed E-state index contributed by atoms with van der Waals surface area (Å²) in [5.74, 6) is 0.652. The number of benzene rings is 2. The first kappa shape index (κ1) is 15.1. The number of aryl methyl sites for hydroxylation is 2. The molecule has 110 valence electrons. The molecule has 2 aromatic rings. The number of hydrogen-bond donors (Lipinski definition) is 1. The van der Waals surface area contributed by atoms with Crippen molar-refractivity contribution in [3.8, 4) is 5.75 Å². The van der Waals surface area contributed by atoms with Gasteiger partial charge in [-0.1, -0.05) is 42.5 Å². The molecule has 0 fully saturated rings. The minimum Gasteiger partial charge on any atom is -0.484 e. The van der Waals surface area contributed by atoms with Crippen LogP contribution in [-0.4, -0.2) is 19.1 Å². The first-order chi connectivity index (χ1) is 10.2. The van der Waals surface area contributed by atoms with E-state index in [1.54, 1.807) is 0 Å². The van der Waals surface area contributed by atoms with Crippen LogP contribution in [0, 0.1) is 6.92 Å². The fourth-order valence-electron chi connectivity index (χ4n) is 2.07. The summed E-state index contributed by atoms with van der Waals surface area (Å²) < 4.78 is 5.45. The molecule has 0 spiro atoms. The van der Waals surface area contributed by atoms with Gasteiger partial charge in [0, 0.05) is 6.54 Å². The van der Waals surface area contributed by atoms with Crippen molar-refractivity contribution >= 4 is 5.91 Å². The number of ether oxygens (including phenoxy) is 1. The lowest BCUT2D eigenvalue weighted by Crippen LogP contribution is -2.29. The summed E-state index contributed by atoms with van der Waals surface area (Å²) in [7, 11) is 0. The zero-order valence-electron chi connectivity index (χ0n) is 12.3. The Kier molecular flexibility index (Phi) is 5.83. The van der Waals surface area contributed by atoms with E-state index in [0.717, 1.165) is 24.2 Å². The van der Waals surface area contributed by atoms with Crippen molar-refractivity contribution in [2.45, 2.75) is 19.8 Å². The predicted molar refractivity (Wildman–Crippen MR) is 84.4 cm³/mol. The molecule has 0 atom stereocenters. The first-order valence-corrected chi connectivity index (χ1v) is 7.24. The Labute approximate surface area is 126 Å². The molecule has 0 bridgehead atoms. The fourth-order valence-corrected chi connectivity index (χ4v) is 2.07. The fraction of sp³-hybridized carbons (Fsp3) is 0.278. The number of nitrogens with one attached hydrogen (secondary N) is 1. The third-order valence-electron chi connectivity index (χ3n) is 3.17. The molecule has 0 radical (unpaired) electrons. The molecule has 1 N–H and O–H groups in total. The van der Waals surface area contributed by atoms with Crippen molar-refractivity contribution in [3.63, 3.8) is 0 Å². The molecular weight excluding hydrogens is 262 g/mol. The monoisotopic (exact) mass is 283 g/mol. The lowest BCUT2D eigenvalue weighted by atomic mass is 10.1. The van der Waals surface area contributed by atoms with Crippen LogP contribution in [0.2, 0.25) is 0 Å². The molecule has 0 heterocycles. The second-order valence-electron chi connectivity index (χ2n) is 5.04. The van der Waals surface area contributed by atoms with E-state index in [-0.39, 0.29) is 12.5 Å². The van der Waals surface area contributed by atoms with Crippen molar-refractivity contribution < 1.29 is 9.53 Å². The summed E-state index contributed by atoms with van der Waals surface area (Å²) in [4.78, 5) is 11.7. The van der Waals surface area contributed by atoms with E-state index in [0.29, 0.717) is 6.54 Å². The highest BCUT2D eigenvalue weighted by molar-refractivity contribution is 5.77. The van der Waals surface area contributed by atoms with Crippen LogP contribution in [0.25, 0.3) is 0 Å². The van der Waals surface area contributed by atoms with E-state index in [1.165, 1.54) is 5.56 Å². The Morgan fingerprint density at radius 1 is 1.10 bits per heavy atom. The second kappa shape index (κ2) is 8.10. The summed E-state index contributed by atoms with van der Waals surface area (Å²) in [6.45, 7) is 2.73. The van der Waals surface area contributed by atoms with Gasteiger partial charge in [0.1, 0.15) is 5.75 Å². The highest BCUT2D eigenvalue weighted by Crippen LogP contribution is 2.11. The van der Waals surface area contributed by atoms with Gasteiger partial charge in [-0.2, -0.15) is 0 Å². The van der Waals surface area contributed by atoms with E-state index in [9.17, 15) is 4.79 Å². The third kappa shape index (κ3) is 5.69. The van der Waals surface area contributed by atoms with Crippen LogP contribution in [0.4, 0.5) is 0 Å². The van der Waals surface area contributed by atoms with Crippen LogP contribution >= 0.6 is 0 Å². The quantitative estimate of drug-likeness (QED) is 0.793. The second-order valence-corrected chi connectivity index (χ2v) is 5.04. The predicted octanol–water partition coefficient (Wildman–Crippen LogP) is 3.12. The van der Waals surface area contributed by atoms with E-state index < -0.39 is 0 Å². The number of rotatable bonds is 7. The van der Waals surface area contributed by atoms with E-state index in [1.807, 2.05) is 49.4 Å². The third-order valence-corrected chi connectivity index (χ3v) is 3.17. The maximum atomic E-state index is 11.7. The standard InChI is InChI=1S/C18H21NO2/c1-15-7-5-11-17(13-15)21-14-18(20)19-12-6-10-16-8-3-2-4-9-16/h2-5,7-9,11,13H,6,10,12,14H2,1H3,(H,19,20). The highest BCUT2D eigenvalue weighted by Gasteiger charge is 2.02. The summed E-state index contributed by atoms with van der Waals surface area (Å²) >= 11 is 0. The molecule has 0 aliphatic heterocycles. The first-order valence-electron chi connectivity index (χ1n) is 7.24. The van der Waals surface area contributed by atoms with Gasteiger partial charge in [-0.25, -0.2) is 0 Å². The lowest BCUT2D eigenvalue weighted by Gasteiger charge is -2.08.